The number of carboxylic acids is 1. The second-order valence-corrected chi connectivity index (χ2v) is 9.76. The maximum absolute atomic E-state index is 12.6. The summed E-state index contributed by atoms with van der Waals surface area (Å²) in [6.07, 6.45) is -1.51. The number of hydrogen-bond acceptors (Lipinski definition) is 5. The van der Waals surface area contributed by atoms with E-state index in [0.717, 1.165) is 27.2 Å². The topological polar surface area (TPSA) is 93.1 Å². The Bertz CT molecular complexity index is 977. The van der Waals surface area contributed by atoms with E-state index in [1.165, 1.54) is 7.05 Å². The van der Waals surface area contributed by atoms with E-state index >= 15 is 0 Å². The van der Waals surface area contributed by atoms with E-state index in [9.17, 15) is 19.5 Å². The third kappa shape index (κ3) is 5.65. The molecule has 10 heteroatoms. The van der Waals surface area contributed by atoms with Crippen LogP contribution in [0.4, 0.5) is 4.79 Å². The van der Waals surface area contributed by atoms with Crippen molar-refractivity contribution in [3.8, 4) is 11.1 Å². The number of alkyl halides is 3. The van der Waals surface area contributed by atoms with Crippen LogP contribution >= 0.6 is 34.8 Å². The lowest BCUT2D eigenvalue weighted by molar-refractivity contribution is -0.151. The summed E-state index contributed by atoms with van der Waals surface area (Å²) in [5.41, 5.74) is 4.18. The lowest BCUT2D eigenvalue weighted by Crippen LogP contribution is -2.44. The lowest BCUT2D eigenvalue weighted by atomic mass is 9.98. The summed E-state index contributed by atoms with van der Waals surface area (Å²) in [7, 11) is 1.24. The summed E-state index contributed by atoms with van der Waals surface area (Å²) >= 11 is 16.6. The smallest absolute Gasteiger partial charge is 0.410 e. The molecule has 3 rings (SSSR count). The summed E-state index contributed by atoms with van der Waals surface area (Å²) in [5, 5.41) is 9.47. The maximum Gasteiger partial charge on any atom is 0.410 e. The first-order valence-corrected chi connectivity index (χ1v) is 10.7. The molecular weight excluding hydrogens is 481 g/mol. The molecule has 0 aliphatic heterocycles. The molecule has 0 bridgehead atoms. The number of benzene rings is 2. The fraction of sp³-hybridized carbons (Fsp3) is 0.318. The van der Waals surface area contributed by atoms with E-state index in [1.807, 2.05) is 48.5 Å². The zero-order chi connectivity index (χ0) is 23.5. The molecule has 0 saturated carbocycles. The molecule has 2 aromatic carbocycles. The van der Waals surface area contributed by atoms with Gasteiger partial charge in [-0.15, -0.1) is 0 Å². The van der Waals surface area contributed by atoms with Gasteiger partial charge in [0.1, 0.15) is 19.3 Å². The van der Waals surface area contributed by atoms with Crippen molar-refractivity contribution < 1.29 is 29.0 Å². The number of rotatable bonds is 7. The van der Waals surface area contributed by atoms with Crippen molar-refractivity contribution in [2.75, 3.05) is 20.3 Å². The quantitative estimate of drug-likeness (QED) is 0.440. The number of ether oxygens (including phenoxy) is 2. The molecule has 0 fully saturated rings. The van der Waals surface area contributed by atoms with E-state index in [-0.39, 0.29) is 12.5 Å². The molecule has 0 radical (unpaired) electrons. The minimum atomic E-state index is -1.83. The van der Waals surface area contributed by atoms with Gasteiger partial charge in [0.05, 0.1) is 6.42 Å². The first kappa shape index (κ1) is 24.2. The number of carboxylic acid groups (broad SMARTS) is 1. The SMILES string of the molecule is CN(C(=O)OCC1c2ccccc2-c2ccccc21)[C@@H](CC(=O)OCC(Cl)(Cl)Cl)C(=O)O. The van der Waals surface area contributed by atoms with Crippen LogP contribution in [0.25, 0.3) is 11.1 Å². The maximum atomic E-state index is 12.6. The van der Waals surface area contributed by atoms with Crippen LogP contribution in [0.3, 0.4) is 0 Å². The van der Waals surface area contributed by atoms with Gasteiger partial charge in [-0.2, -0.15) is 0 Å². The minimum absolute atomic E-state index is 0.0151. The second-order valence-electron chi connectivity index (χ2n) is 7.25. The van der Waals surface area contributed by atoms with E-state index in [1.54, 1.807) is 0 Å². The Hall–Kier alpha value is -2.48. The van der Waals surface area contributed by atoms with Crippen LogP contribution in [-0.2, 0) is 19.1 Å². The van der Waals surface area contributed by atoms with E-state index in [2.05, 4.69) is 0 Å². The van der Waals surface area contributed by atoms with Gasteiger partial charge in [-0.1, -0.05) is 83.3 Å². The second kappa shape index (κ2) is 9.98. The zero-order valence-corrected chi connectivity index (χ0v) is 19.2. The van der Waals surface area contributed by atoms with Crippen LogP contribution < -0.4 is 0 Å². The molecule has 1 aliphatic rings. The Balaban J connectivity index is 1.66. The first-order chi connectivity index (χ1) is 15.1. The Morgan fingerprint density at radius 3 is 2.03 bits per heavy atom. The van der Waals surface area contributed by atoms with Gasteiger partial charge < -0.3 is 14.6 Å². The first-order valence-electron chi connectivity index (χ1n) is 9.61. The van der Waals surface area contributed by atoms with Crippen molar-refractivity contribution in [3.05, 3.63) is 59.7 Å². The van der Waals surface area contributed by atoms with Crippen molar-refractivity contribution in [1.82, 2.24) is 4.90 Å². The Morgan fingerprint density at radius 1 is 1.00 bits per heavy atom. The standard InChI is InChI=1S/C22H20Cl3NO6/c1-26(18(20(28)29)10-19(27)32-12-22(23,24)25)21(30)31-11-17-15-8-4-2-6-13(15)14-7-3-5-9-16(14)17/h2-9,17-18H,10-12H2,1H3,(H,28,29)/t18-/m0/s1. The van der Waals surface area contributed by atoms with Crippen molar-refractivity contribution >= 4 is 52.8 Å². The van der Waals surface area contributed by atoms with E-state index in [0.29, 0.717) is 0 Å². The average Bonchev–Trinajstić information content (AvgIpc) is 3.07. The molecule has 0 spiro atoms. The Morgan fingerprint density at radius 2 is 1.53 bits per heavy atom. The van der Waals surface area contributed by atoms with Gasteiger partial charge in [0, 0.05) is 13.0 Å². The number of fused-ring (bicyclic) bond motifs is 3. The summed E-state index contributed by atoms with van der Waals surface area (Å²) in [6.45, 7) is -0.529. The number of carbonyl (C=O) groups excluding carboxylic acids is 2. The zero-order valence-electron chi connectivity index (χ0n) is 17.0. The molecule has 7 nitrogen and oxygen atoms in total. The summed E-state index contributed by atoms with van der Waals surface area (Å²) in [5.74, 6) is -2.51. The number of esters is 1. The highest BCUT2D eigenvalue weighted by Gasteiger charge is 2.34. The van der Waals surface area contributed by atoms with Crippen molar-refractivity contribution in [1.29, 1.82) is 0 Å². The van der Waals surface area contributed by atoms with Gasteiger partial charge in [-0.05, 0) is 22.3 Å². The van der Waals surface area contributed by atoms with Crippen LogP contribution in [-0.4, -0.2) is 58.1 Å². The van der Waals surface area contributed by atoms with E-state index < -0.39 is 40.9 Å². The van der Waals surface area contributed by atoms with Crippen LogP contribution in [0, 0.1) is 0 Å². The van der Waals surface area contributed by atoms with Crippen LogP contribution in [0.5, 0.6) is 0 Å². The minimum Gasteiger partial charge on any atom is -0.480 e. The fourth-order valence-corrected chi connectivity index (χ4v) is 3.76. The number of nitrogens with zero attached hydrogens (tertiary/aromatic N) is 1. The fourth-order valence-electron chi connectivity index (χ4n) is 3.59. The lowest BCUT2D eigenvalue weighted by Gasteiger charge is -2.25. The van der Waals surface area contributed by atoms with Gasteiger partial charge in [0.2, 0.25) is 3.79 Å². The largest absolute Gasteiger partial charge is 0.480 e. The van der Waals surface area contributed by atoms with Crippen LogP contribution in [0.1, 0.15) is 23.5 Å². The van der Waals surface area contributed by atoms with Crippen molar-refractivity contribution in [3.63, 3.8) is 0 Å². The van der Waals surface area contributed by atoms with Gasteiger partial charge in [0.15, 0.2) is 0 Å². The number of hydrogen-bond donors (Lipinski definition) is 1. The van der Waals surface area contributed by atoms with Crippen molar-refractivity contribution in [2.24, 2.45) is 0 Å². The molecule has 1 N–H and O–H groups in total. The molecule has 0 aromatic heterocycles. The highest BCUT2D eigenvalue weighted by molar-refractivity contribution is 6.67. The molecule has 0 unspecified atom stereocenters. The number of amides is 1. The third-order valence-corrected chi connectivity index (χ3v) is 5.46. The van der Waals surface area contributed by atoms with Gasteiger partial charge in [-0.25, -0.2) is 9.59 Å². The third-order valence-electron chi connectivity index (χ3n) is 5.13. The molecule has 0 saturated heterocycles. The number of carbonyl (C=O) groups is 3. The number of aliphatic carboxylic acids is 1. The van der Waals surface area contributed by atoms with Gasteiger partial charge >= 0.3 is 18.0 Å². The normalized spacial score (nSPS) is 13.6. The molecule has 1 aliphatic carbocycles. The molecule has 2 aromatic rings. The number of halogens is 3. The van der Waals surface area contributed by atoms with Crippen molar-refractivity contribution in [2.45, 2.75) is 22.2 Å². The predicted octanol–water partition coefficient (Wildman–Crippen LogP) is 4.62. The monoisotopic (exact) mass is 499 g/mol. The highest BCUT2D eigenvalue weighted by atomic mass is 35.6. The molecular formula is C22H20Cl3NO6. The molecule has 1 atom stereocenters. The molecule has 1 amide bonds. The van der Waals surface area contributed by atoms with Gasteiger partial charge in [0.25, 0.3) is 0 Å². The Kier molecular flexibility index (Phi) is 7.54. The van der Waals surface area contributed by atoms with Crippen LogP contribution in [0.2, 0.25) is 0 Å². The summed E-state index contributed by atoms with van der Waals surface area (Å²) in [6, 6.07) is 14.2. The highest BCUT2D eigenvalue weighted by Crippen LogP contribution is 2.44. The van der Waals surface area contributed by atoms with E-state index in [4.69, 9.17) is 44.3 Å². The predicted molar refractivity (Wildman–Crippen MR) is 120 cm³/mol. The van der Waals surface area contributed by atoms with Crippen LogP contribution in [0.15, 0.2) is 48.5 Å². The summed E-state index contributed by atoms with van der Waals surface area (Å²) in [4.78, 5) is 37.0. The molecule has 32 heavy (non-hydrogen) atoms. The molecule has 170 valence electrons. The number of likely N-dealkylation sites (N-methyl/N-ethyl adjacent to an activating group) is 1. The Labute approximate surface area is 199 Å². The van der Waals surface area contributed by atoms with Gasteiger partial charge in [-0.3, -0.25) is 9.69 Å². The summed E-state index contributed by atoms with van der Waals surface area (Å²) < 4.78 is 8.37. The molecule has 0 heterocycles. The average molecular weight is 501 g/mol.